The van der Waals surface area contributed by atoms with Crippen LogP contribution in [-0.4, -0.2) is 33.2 Å². The number of carbonyl (C=O) groups excluding carboxylic acids is 1. The molecule has 0 spiro atoms. The Hall–Kier alpha value is -4.17. The number of thioether (sulfide) groups is 1. The van der Waals surface area contributed by atoms with Crippen molar-refractivity contribution in [3.8, 4) is 11.4 Å². The van der Waals surface area contributed by atoms with Gasteiger partial charge in [-0.15, -0.1) is 16.9 Å². The van der Waals surface area contributed by atoms with Gasteiger partial charge in [-0.3, -0.25) is 4.79 Å². The molecule has 5 aromatic rings. The summed E-state index contributed by atoms with van der Waals surface area (Å²) in [5, 5.41) is 17.3. The molecule has 0 aliphatic heterocycles. The molecule has 0 saturated heterocycles. The highest BCUT2D eigenvalue weighted by Crippen LogP contribution is 2.27. The highest BCUT2D eigenvalue weighted by Gasteiger charge is 2.14. The lowest BCUT2D eigenvalue weighted by molar-refractivity contribution is 0.0948. The highest BCUT2D eigenvalue weighted by molar-refractivity contribution is 7.98. The summed E-state index contributed by atoms with van der Waals surface area (Å²) >= 11 is 1.53. The van der Waals surface area contributed by atoms with E-state index in [1.54, 1.807) is 11.8 Å². The van der Waals surface area contributed by atoms with Gasteiger partial charge >= 0.3 is 0 Å². The molecule has 174 valence electrons. The third-order valence-electron chi connectivity index (χ3n) is 5.59. The van der Waals surface area contributed by atoms with Crippen molar-refractivity contribution in [2.75, 3.05) is 7.11 Å². The van der Waals surface area contributed by atoms with Gasteiger partial charge in [0.1, 0.15) is 5.75 Å². The molecule has 0 atom stereocenters. The molecule has 1 amide bonds. The van der Waals surface area contributed by atoms with Crippen molar-refractivity contribution in [1.82, 2.24) is 25.5 Å². The minimum atomic E-state index is -0.120. The van der Waals surface area contributed by atoms with Crippen molar-refractivity contribution < 1.29 is 9.53 Å². The number of tetrazole rings is 1. The molecule has 0 bridgehead atoms. The maximum atomic E-state index is 13.0. The third-order valence-corrected chi connectivity index (χ3v) is 6.66. The lowest BCUT2D eigenvalue weighted by Crippen LogP contribution is -2.23. The molecular weight excluding hydrogens is 458 g/mol. The fraction of sp³-hybridized carbons (Fsp3) is 0.111. The van der Waals surface area contributed by atoms with Gasteiger partial charge < -0.3 is 10.1 Å². The Bertz CT molecular complexity index is 1470. The standard InChI is InChI=1S/C27H23N5O2S/c1-34-23-14-13-20-15-19(11-12-21(20)16-23)17-28-27(33)24-9-5-6-10-25(24)35-18-26-29-30-31-32(26)22-7-3-2-4-8-22/h2-16H,17-18H2,1H3,(H,28,33). The second kappa shape index (κ2) is 10.4. The number of nitrogens with one attached hydrogen (secondary N) is 1. The number of nitrogens with zero attached hydrogens (tertiary/aromatic N) is 4. The fourth-order valence-corrected chi connectivity index (χ4v) is 4.73. The van der Waals surface area contributed by atoms with E-state index >= 15 is 0 Å². The number of hydrogen-bond acceptors (Lipinski definition) is 6. The quantitative estimate of drug-likeness (QED) is 0.313. The van der Waals surface area contributed by atoms with E-state index in [1.807, 2.05) is 84.9 Å². The average Bonchev–Trinajstić information content (AvgIpc) is 3.39. The topological polar surface area (TPSA) is 81.9 Å². The largest absolute Gasteiger partial charge is 0.497 e. The third kappa shape index (κ3) is 5.17. The second-order valence-corrected chi connectivity index (χ2v) is 8.87. The lowest BCUT2D eigenvalue weighted by Gasteiger charge is -2.11. The molecule has 0 aliphatic rings. The molecule has 0 saturated carbocycles. The average molecular weight is 482 g/mol. The van der Waals surface area contributed by atoms with Crippen molar-refractivity contribution in [3.05, 3.63) is 108 Å². The number of fused-ring (bicyclic) bond motifs is 1. The molecule has 35 heavy (non-hydrogen) atoms. The van der Waals surface area contributed by atoms with Crippen LogP contribution >= 0.6 is 11.8 Å². The molecule has 4 aromatic carbocycles. The van der Waals surface area contributed by atoms with E-state index < -0.39 is 0 Å². The first-order valence-corrected chi connectivity index (χ1v) is 12.1. The molecule has 0 fully saturated rings. The number of benzene rings is 4. The summed E-state index contributed by atoms with van der Waals surface area (Å²) in [5.41, 5.74) is 2.55. The van der Waals surface area contributed by atoms with Gasteiger partial charge in [-0.25, -0.2) is 0 Å². The van der Waals surface area contributed by atoms with Crippen LogP contribution in [0.2, 0.25) is 0 Å². The first-order valence-electron chi connectivity index (χ1n) is 11.1. The van der Waals surface area contributed by atoms with Crippen LogP contribution in [0.1, 0.15) is 21.7 Å². The minimum absolute atomic E-state index is 0.120. The van der Waals surface area contributed by atoms with Gasteiger partial charge in [-0.1, -0.05) is 48.5 Å². The van der Waals surface area contributed by atoms with E-state index in [4.69, 9.17) is 4.74 Å². The molecule has 5 rings (SSSR count). The van der Waals surface area contributed by atoms with Gasteiger partial charge in [0.15, 0.2) is 5.82 Å². The monoisotopic (exact) mass is 481 g/mol. The maximum Gasteiger partial charge on any atom is 0.252 e. The van der Waals surface area contributed by atoms with Crippen LogP contribution in [0.25, 0.3) is 16.5 Å². The number of rotatable bonds is 8. The van der Waals surface area contributed by atoms with Crippen LogP contribution in [0.3, 0.4) is 0 Å². The van der Waals surface area contributed by atoms with Crippen molar-refractivity contribution in [1.29, 1.82) is 0 Å². The summed E-state index contributed by atoms with van der Waals surface area (Å²) in [5.74, 6) is 1.94. The molecular formula is C27H23N5O2S. The number of ether oxygens (including phenoxy) is 1. The Morgan fingerprint density at radius 3 is 2.57 bits per heavy atom. The summed E-state index contributed by atoms with van der Waals surface area (Å²) in [6, 6.07) is 29.4. The van der Waals surface area contributed by atoms with E-state index in [1.165, 1.54) is 11.8 Å². The summed E-state index contributed by atoms with van der Waals surface area (Å²) in [4.78, 5) is 13.9. The SMILES string of the molecule is COc1ccc2cc(CNC(=O)c3ccccc3SCc3nnnn3-c3ccccc3)ccc2c1. The zero-order chi connectivity index (χ0) is 24.0. The molecule has 0 unspecified atom stereocenters. The number of para-hydroxylation sites is 1. The summed E-state index contributed by atoms with van der Waals surface area (Å²) in [7, 11) is 1.66. The lowest BCUT2D eigenvalue weighted by atomic mass is 10.1. The number of amides is 1. The van der Waals surface area contributed by atoms with Crippen molar-refractivity contribution >= 4 is 28.4 Å². The zero-order valence-corrected chi connectivity index (χ0v) is 19.9. The number of methoxy groups -OCH3 is 1. The normalized spacial score (nSPS) is 10.9. The maximum absolute atomic E-state index is 13.0. The van der Waals surface area contributed by atoms with Crippen molar-refractivity contribution in [2.45, 2.75) is 17.2 Å². The van der Waals surface area contributed by atoms with Gasteiger partial charge in [-0.2, -0.15) is 4.68 Å². The first-order chi connectivity index (χ1) is 17.2. The van der Waals surface area contributed by atoms with Gasteiger partial charge in [0.05, 0.1) is 24.1 Å². The Labute approximate surface area is 207 Å². The zero-order valence-electron chi connectivity index (χ0n) is 19.1. The van der Waals surface area contributed by atoms with Crippen LogP contribution in [0.4, 0.5) is 0 Å². The second-order valence-electron chi connectivity index (χ2n) is 7.86. The molecule has 1 N–H and O–H groups in total. The van der Waals surface area contributed by atoms with E-state index in [-0.39, 0.29) is 5.91 Å². The predicted molar refractivity (Wildman–Crippen MR) is 137 cm³/mol. The van der Waals surface area contributed by atoms with E-state index in [0.29, 0.717) is 23.7 Å². The minimum Gasteiger partial charge on any atom is -0.497 e. The van der Waals surface area contributed by atoms with E-state index in [0.717, 1.165) is 32.7 Å². The van der Waals surface area contributed by atoms with Crippen molar-refractivity contribution in [3.63, 3.8) is 0 Å². The Balaban J connectivity index is 1.27. The Morgan fingerprint density at radius 1 is 0.943 bits per heavy atom. The smallest absolute Gasteiger partial charge is 0.252 e. The number of aromatic nitrogens is 4. The Morgan fingerprint density at radius 2 is 1.71 bits per heavy atom. The van der Waals surface area contributed by atoms with Gasteiger partial charge in [0.25, 0.3) is 5.91 Å². The highest BCUT2D eigenvalue weighted by atomic mass is 32.2. The van der Waals surface area contributed by atoms with Gasteiger partial charge in [-0.05, 0) is 69.2 Å². The summed E-state index contributed by atoms with van der Waals surface area (Å²) in [6.07, 6.45) is 0. The molecule has 7 nitrogen and oxygen atoms in total. The van der Waals surface area contributed by atoms with Gasteiger partial charge in [0.2, 0.25) is 0 Å². The predicted octanol–water partition coefficient (Wildman–Crippen LogP) is 5.05. The first kappa shape index (κ1) is 22.6. The summed E-state index contributed by atoms with van der Waals surface area (Å²) in [6.45, 7) is 0.437. The van der Waals surface area contributed by atoms with Crippen LogP contribution in [-0.2, 0) is 12.3 Å². The fourth-order valence-electron chi connectivity index (χ4n) is 3.78. The number of carbonyl (C=O) groups is 1. The summed E-state index contributed by atoms with van der Waals surface area (Å²) < 4.78 is 7.01. The van der Waals surface area contributed by atoms with Gasteiger partial charge in [0, 0.05) is 11.4 Å². The van der Waals surface area contributed by atoms with E-state index in [2.05, 4.69) is 26.9 Å². The van der Waals surface area contributed by atoms with E-state index in [9.17, 15) is 4.79 Å². The molecule has 0 radical (unpaired) electrons. The van der Waals surface area contributed by atoms with Crippen LogP contribution < -0.4 is 10.1 Å². The van der Waals surface area contributed by atoms with Crippen molar-refractivity contribution in [2.24, 2.45) is 0 Å². The van der Waals surface area contributed by atoms with Crippen LogP contribution in [0, 0.1) is 0 Å². The van der Waals surface area contributed by atoms with Crippen LogP contribution in [0.15, 0.2) is 95.9 Å². The molecule has 1 heterocycles. The number of hydrogen-bond donors (Lipinski definition) is 1. The molecule has 1 aromatic heterocycles. The van der Waals surface area contributed by atoms with Crippen LogP contribution in [0.5, 0.6) is 5.75 Å². The Kier molecular flexibility index (Phi) is 6.72. The molecule has 8 heteroatoms. The molecule has 0 aliphatic carbocycles.